The molecule has 1 heterocycles. The van der Waals surface area contributed by atoms with Crippen molar-refractivity contribution in [1.29, 1.82) is 0 Å². The summed E-state index contributed by atoms with van der Waals surface area (Å²) < 4.78 is 15.7. The Hall–Kier alpha value is -1.55. The maximum Gasteiger partial charge on any atom is 0.151 e. The molecule has 18 heavy (non-hydrogen) atoms. The first-order valence-electron chi connectivity index (χ1n) is 5.81. The van der Waals surface area contributed by atoms with Crippen molar-refractivity contribution in [1.82, 2.24) is 9.55 Å². The lowest BCUT2D eigenvalue weighted by atomic mass is 10.1. The molecule has 0 unspecified atom stereocenters. The van der Waals surface area contributed by atoms with Gasteiger partial charge in [0.15, 0.2) is 5.82 Å². The molecule has 0 aliphatic heterocycles. The monoisotopic (exact) mass is 267 g/mol. The fourth-order valence-corrected chi connectivity index (χ4v) is 2.07. The summed E-state index contributed by atoms with van der Waals surface area (Å²) >= 11 is 5.77. The van der Waals surface area contributed by atoms with Gasteiger partial charge in [-0.3, -0.25) is 0 Å². The van der Waals surface area contributed by atoms with Crippen LogP contribution in [-0.4, -0.2) is 9.55 Å². The number of rotatable bonds is 3. The minimum atomic E-state index is -0.480. The number of halogens is 2. The zero-order chi connectivity index (χ0) is 13.3. The summed E-state index contributed by atoms with van der Waals surface area (Å²) in [4.78, 5) is 4.41. The van der Waals surface area contributed by atoms with Gasteiger partial charge in [0, 0.05) is 19.0 Å². The highest BCUT2D eigenvalue weighted by Crippen LogP contribution is 2.31. The lowest BCUT2D eigenvalue weighted by Crippen LogP contribution is -2.01. The Bertz CT molecular complexity index is 578. The highest BCUT2D eigenvalue weighted by molar-refractivity contribution is 6.31. The minimum Gasteiger partial charge on any atom is -0.383 e. The normalized spacial score (nSPS) is 10.9. The van der Waals surface area contributed by atoms with E-state index in [1.165, 1.54) is 6.07 Å². The SMILES string of the molecule is CCCc1nc(-c2cccc(Cl)c2F)c(N)n1C. The third-order valence-corrected chi connectivity index (χ3v) is 3.20. The molecule has 0 fully saturated rings. The summed E-state index contributed by atoms with van der Waals surface area (Å²) in [6.45, 7) is 2.06. The van der Waals surface area contributed by atoms with Crippen molar-refractivity contribution in [3.8, 4) is 11.3 Å². The Morgan fingerprint density at radius 2 is 2.17 bits per heavy atom. The third kappa shape index (κ3) is 2.08. The maximum absolute atomic E-state index is 14.0. The van der Waals surface area contributed by atoms with Crippen LogP contribution in [-0.2, 0) is 13.5 Å². The number of aromatic nitrogens is 2. The molecule has 3 nitrogen and oxygen atoms in total. The van der Waals surface area contributed by atoms with Gasteiger partial charge in [-0.05, 0) is 18.6 Å². The molecule has 0 saturated heterocycles. The van der Waals surface area contributed by atoms with Crippen LogP contribution in [0.3, 0.4) is 0 Å². The van der Waals surface area contributed by atoms with Crippen molar-refractivity contribution >= 4 is 17.4 Å². The fraction of sp³-hybridized carbons (Fsp3) is 0.308. The lowest BCUT2D eigenvalue weighted by molar-refractivity contribution is 0.631. The van der Waals surface area contributed by atoms with Gasteiger partial charge in [-0.2, -0.15) is 0 Å². The van der Waals surface area contributed by atoms with Gasteiger partial charge in [0.25, 0.3) is 0 Å². The molecule has 2 aromatic rings. The predicted molar refractivity (Wildman–Crippen MR) is 72.0 cm³/mol. The van der Waals surface area contributed by atoms with Crippen LogP contribution in [0.4, 0.5) is 10.2 Å². The number of anilines is 1. The van der Waals surface area contributed by atoms with E-state index in [0.29, 0.717) is 17.1 Å². The van der Waals surface area contributed by atoms with Crippen molar-refractivity contribution in [2.45, 2.75) is 19.8 Å². The molecule has 5 heteroatoms. The van der Waals surface area contributed by atoms with Crippen LogP contribution in [0.15, 0.2) is 18.2 Å². The van der Waals surface area contributed by atoms with Crippen LogP contribution >= 0.6 is 11.6 Å². The second-order valence-electron chi connectivity index (χ2n) is 4.17. The summed E-state index contributed by atoms with van der Waals surface area (Å²) in [5, 5.41) is 0.0783. The summed E-state index contributed by atoms with van der Waals surface area (Å²) in [5.41, 5.74) is 6.78. The van der Waals surface area contributed by atoms with E-state index in [2.05, 4.69) is 11.9 Å². The molecule has 0 aliphatic rings. The van der Waals surface area contributed by atoms with E-state index in [9.17, 15) is 4.39 Å². The topological polar surface area (TPSA) is 43.8 Å². The van der Waals surface area contributed by atoms with E-state index in [1.54, 1.807) is 16.7 Å². The summed E-state index contributed by atoms with van der Waals surface area (Å²) in [7, 11) is 1.83. The van der Waals surface area contributed by atoms with Gasteiger partial charge in [-0.25, -0.2) is 9.37 Å². The zero-order valence-electron chi connectivity index (χ0n) is 10.4. The van der Waals surface area contributed by atoms with Crippen molar-refractivity contribution in [3.63, 3.8) is 0 Å². The van der Waals surface area contributed by atoms with Gasteiger partial charge in [0.05, 0.1) is 5.02 Å². The van der Waals surface area contributed by atoms with Gasteiger partial charge in [-0.15, -0.1) is 0 Å². The van der Waals surface area contributed by atoms with Crippen LogP contribution in [0, 0.1) is 5.82 Å². The standard InChI is InChI=1S/C13H15ClFN3/c1-3-5-10-17-12(13(16)18(10)2)8-6-4-7-9(14)11(8)15/h4,6-7H,3,5,16H2,1-2H3. The molecule has 0 amide bonds. The highest BCUT2D eigenvalue weighted by Gasteiger charge is 2.17. The quantitative estimate of drug-likeness (QED) is 0.926. The number of aryl methyl sites for hydroxylation is 1. The van der Waals surface area contributed by atoms with Gasteiger partial charge < -0.3 is 10.3 Å². The number of nitrogens with two attached hydrogens (primary N) is 1. The Balaban J connectivity index is 2.57. The molecule has 2 N–H and O–H groups in total. The number of benzene rings is 1. The van der Waals surface area contributed by atoms with Crippen molar-refractivity contribution in [2.75, 3.05) is 5.73 Å². The van der Waals surface area contributed by atoms with Gasteiger partial charge in [0.1, 0.15) is 17.3 Å². The van der Waals surface area contributed by atoms with Crippen molar-refractivity contribution in [2.24, 2.45) is 7.05 Å². The molecule has 96 valence electrons. The number of hydrogen-bond acceptors (Lipinski definition) is 2. The van der Waals surface area contributed by atoms with Crippen LogP contribution in [0.2, 0.25) is 5.02 Å². The second-order valence-corrected chi connectivity index (χ2v) is 4.58. The zero-order valence-corrected chi connectivity index (χ0v) is 11.1. The van der Waals surface area contributed by atoms with Gasteiger partial charge in [0.2, 0.25) is 0 Å². The summed E-state index contributed by atoms with van der Waals surface area (Å²) in [6.07, 6.45) is 1.77. The van der Waals surface area contributed by atoms with Crippen LogP contribution in [0.25, 0.3) is 11.3 Å². The Morgan fingerprint density at radius 3 is 2.83 bits per heavy atom. The molecule has 1 aromatic heterocycles. The van der Waals surface area contributed by atoms with Crippen LogP contribution < -0.4 is 5.73 Å². The highest BCUT2D eigenvalue weighted by atomic mass is 35.5. The number of hydrogen-bond donors (Lipinski definition) is 1. The molecule has 0 atom stereocenters. The van der Waals surface area contributed by atoms with Crippen molar-refractivity contribution < 1.29 is 4.39 Å². The maximum atomic E-state index is 14.0. The second kappa shape index (κ2) is 4.98. The molecular formula is C13H15ClFN3. The number of imidazole rings is 1. The first-order valence-corrected chi connectivity index (χ1v) is 6.19. The van der Waals surface area contributed by atoms with E-state index >= 15 is 0 Å². The van der Waals surface area contributed by atoms with E-state index in [0.717, 1.165) is 18.7 Å². The first-order chi connectivity index (χ1) is 8.56. The lowest BCUT2D eigenvalue weighted by Gasteiger charge is -2.03. The molecule has 1 aromatic carbocycles. The smallest absolute Gasteiger partial charge is 0.151 e. The van der Waals surface area contributed by atoms with Crippen LogP contribution in [0.5, 0.6) is 0 Å². The van der Waals surface area contributed by atoms with E-state index in [4.69, 9.17) is 17.3 Å². The molecule has 0 spiro atoms. The van der Waals surface area contributed by atoms with Crippen molar-refractivity contribution in [3.05, 3.63) is 34.9 Å². The Labute approximate surface area is 110 Å². The molecule has 0 bridgehead atoms. The minimum absolute atomic E-state index is 0.0783. The number of nitrogens with zero attached hydrogens (tertiary/aromatic N) is 2. The van der Waals surface area contributed by atoms with E-state index < -0.39 is 5.82 Å². The summed E-state index contributed by atoms with van der Waals surface area (Å²) in [5.74, 6) is 0.830. The fourth-order valence-electron chi connectivity index (χ4n) is 1.89. The first kappa shape index (κ1) is 12.9. The van der Waals surface area contributed by atoms with E-state index in [-0.39, 0.29) is 5.02 Å². The third-order valence-electron chi connectivity index (χ3n) is 2.91. The number of nitrogen functional groups attached to an aromatic ring is 1. The largest absolute Gasteiger partial charge is 0.383 e. The molecule has 0 saturated carbocycles. The Morgan fingerprint density at radius 1 is 1.44 bits per heavy atom. The summed E-state index contributed by atoms with van der Waals surface area (Å²) in [6, 6.07) is 4.83. The van der Waals surface area contributed by atoms with Gasteiger partial charge in [-0.1, -0.05) is 24.6 Å². The average molecular weight is 268 g/mol. The molecular weight excluding hydrogens is 253 g/mol. The average Bonchev–Trinajstić information content (AvgIpc) is 2.62. The van der Waals surface area contributed by atoms with E-state index in [1.807, 2.05) is 7.05 Å². The molecule has 0 radical (unpaired) electrons. The molecule has 0 aliphatic carbocycles. The predicted octanol–water partition coefficient (Wildman–Crippen LogP) is 3.41. The molecule has 2 rings (SSSR count). The Kier molecular flexibility index (Phi) is 3.57. The van der Waals surface area contributed by atoms with Gasteiger partial charge >= 0.3 is 0 Å². The van der Waals surface area contributed by atoms with Crippen LogP contribution in [0.1, 0.15) is 19.2 Å².